The van der Waals surface area contributed by atoms with Crippen molar-refractivity contribution in [1.29, 1.82) is 0 Å². The molecule has 0 aliphatic rings. The van der Waals surface area contributed by atoms with Gasteiger partial charge in [-0.25, -0.2) is 0 Å². The number of benzene rings is 1. The average Bonchev–Trinajstić information content (AvgIpc) is 2.27. The summed E-state index contributed by atoms with van der Waals surface area (Å²) in [6.07, 6.45) is -4.31. The molecule has 1 unspecified atom stereocenters. The molecule has 5 heteroatoms. The molecule has 1 rings (SSSR count). The van der Waals surface area contributed by atoms with E-state index < -0.39 is 19.8 Å². The van der Waals surface area contributed by atoms with E-state index in [1.165, 1.54) is 12.1 Å². The van der Waals surface area contributed by atoms with Gasteiger partial charge in [-0.15, -0.1) is 18.2 Å². The van der Waals surface area contributed by atoms with Crippen molar-refractivity contribution in [2.45, 2.75) is 12.7 Å². The van der Waals surface area contributed by atoms with Gasteiger partial charge in [0.05, 0.1) is 5.56 Å². The highest BCUT2D eigenvalue weighted by Crippen LogP contribution is 2.28. The van der Waals surface area contributed by atoms with Crippen molar-refractivity contribution in [2.24, 2.45) is 0 Å². The minimum atomic E-state index is -4.31. The summed E-state index contributed by atoms with van der Waals surface area (Å²) in [5, 5.41) is 0.660. The van der Waals surface area contributed by atoms with Crippen LogP contribution < -0.4 is 5.19 Å². The van der Waals surface area contributed by atoms with Crippen LogP contribution in [0.25, 0.3) is 0 Å². The monoisotopic (exact) mass is 264 g/mol. The highest BCUT2D eigenvalue weighted by atomic mass is 35.5. The van der Waals surface area contributed by atoms with E-state index >= 15 is 0 Å². The Morgan fingerprint density at radius 1 is 1.44 bits per heavy atom. The molecule has 0 aliphatic carbocycles. The molecule has 0 N–H and O–H groups in total. The molecule has 88 valence electrons. The van der Waals surface area contributed by atoms with Gasteiger partial charge in [-0.05, 0) is 0 Å². The largest absolute Gasteiger partial charge is 0.416 e. The summed E-state index contributed by atoms with van der Waals surface area (Å²) in [4.78, 5) is 0. The van der Waals surface area contributed by atoms with Crippen molar-refractivity contribution in [3.63, 3.8) is 0 Å². The first-order valence-electron chi connectivity index (χ1n) is 4.71. The Bertz CT molecular complexity index is 389. The van der Waals surface area contributed by atoms with Crippen LogP contribution in [0.4, 0.5) is 13.2 Å². The van der Waals surface area contributed by atoms with Gasteiger partial charge < -0.3 is 0 Å². The predicted molar refractivity (Wildman–Crippen MR) is 63.6 cm³/mol. The third-order valence-electron chi connectivity index (χ3n) is 2.58. The van der Waals surface area contributed by atoms with Crippen LogP contribution in [0.2, 0.25) is 6.55 Å². The second-order valence-electron chi connectivity index (χ2n) is 3.83. The van der Waals surface area contributed by atoms with Crippen molar-refractivity contribution in [3.05, 3.63) is 42.1 Å². The Labute approximate surface area is 98.7 Å². The summed E-state index contributed by atoms with van der Waals surface area (Å²) >= 11 is 5.82. The maximum Gasteiger partial charge on any atom is 0.416 e. The van der Waals surface area contributed by atoms with Crippen LogP contribution in [0.1, 0.15) is 5.56 Å². The molecule has 1 aromatic rings. The number of halogens is 4. The Hall–Kier alpha value is -0.743. The summed E-state index contributed by atoms with van der Waals surface area (Å²) < 4.78 is 37.6. The first kappa shape index (κ1) is 13.3. The maximum atomic E-state index is 12.5. The summed E-state index contributed by atoms with van der Waals surface area (Å²) in [5.41, 5.74) is 1.41. The highest BCUT2D eigenvalue weighted by Gasteiger charge is 2.33. The van der Waals surface area contributed by atoms with Crippen molar-refractivity contribution < 1.29 is 13.2 Å². The number of rotatable bonds is 3. The first-order chi connectivity index (χ1) is 7.33. The summed E-state index contributed by atoms with van der Waals surface area (Å²) in [6.45, 7) is 5.56. The standard InChI is InChI=1S/C11H12ClF3Si/c1-3-16(2,8-12)10-6-4-5-9(7-10)11(13,14)15/h3-7H,1,8H2,2H3. The number of hydrogen-bond donors (Lipinski definition) is 0. The topological polar surface area (TPSA) is 0 Å². The summed E-state index contributed by atoms with van der Waals surface area (Å²) in [7, 11) is -2.15. The van der Waals surface area contributed by atoms with Crippen LogP contribution in [0, 0.1) is 0 Å². The molecule has 0 spiro atoms. The van der Waals surface area contributed by atoms with Crippen molar-refractivity contribution in [1.82, 2.24) is 0 Å². The molecule has 0 radical (unpaired) electrons. The van der Waals surface area contributed by atoms with Gasteiger partial charge in [0, 0.05) is 5.50 Å². The molecule has 1 aromatic carbocycles. The quantitative estimate of drug-likeness (QED) is 0.579. The van der Waals surface area contributed by atoms with E-state index in [-0.39, 0.29) is 0 Å². The zero-order valence-electron chi connectivity index (χ0n) is 8.81. The van der Waals surface area contributed by atoms with E-state index in [1.54, 1.807) is 11.8 Å². The Morgan fingerprint density at radius 3 is 2.50 bits per heavy atom. The Balaban J connectivity index is 3.22. The van der Waals surface area contributed by atoms with Crippen LogP contribution in [0.15, 0.2) is 36.5 Å². The summed E-state index contributed by atoms with van der Waals surface area (Å²) in [5.74, 6) is 0. The second-order valence-corrected chi connectivity index (χ2v) is 8.72. The molecule has 0 bridgehead atoms. The summed E-state index contributed by atoms with van der Waals surface area (Å²) in [6, 6.07) is 5.34. The molecule has 0 fully saturated rings. The molecule has 1 atom stereocenters. The lowest BCUT2D eigenvalue weighted by atomic mass is 10.2. The fourth-order valence-electron chi connectivity index (χ4n) is 1.30. The minimum Gasteiger partial charge on any atom is -0.166 e. The fraction of sp³-hybridized carbons (Fsp3) is 0.273. The van der Waals surface area contributed by atoms with Gasteiger partial charge in [-0.3, -0.25) is 0 Å². The smallest absolute Gasteiger partial charge is 0.166 e. The highest BCUT2D eigenvalue weighted by molar-refractivity contribution is 6.98. The van der Waals surface area contributed by atoms with Crippen molar-refractivity contribution in [2.75, 3.05) is 5.50 Å². The van der Waals surface area contributed by atoms with Crippen molar-refractivity contribution >= 4 is 24.9 Å². The molecule has 0 aromatic heterocycles. The predicted octanol–water partition coefficient (Wildman–Crippen LogP) is 3.49. The molecular weight excluding hydrogens is 253 g/mol. The molecule has 16 heavy (non-hydrogen) atoms. The average molecular weight is 265 g/mol. The Kier molecular flexibility index (Phi) is 3.86. The molecule has 0 amide bonds. The van der Waals surface area contributed by atoms with Gasteiger partial charge in [0.1, 0.15) is 8.07 Å². The van der Waals surface area contributed by atoms with Gasteiger partial charge in [-0.2, -0.15) is 13.2 Å². The first-order valence-corrected chi connectivity index (χ1v) is 8.03. The zero-order chi connectivity index (χ0) is 12.4. The lowest BCUT2D eigenvalue weighted by Gasteiger charge is -2.21. The molecule has 0 nitrogen and oxygen atoms in total. The van der Waals surface area contributed by atoms with E-state index in [2.05, 4.69) is 6.58 Å². The minimum absolute atomic E-state index is 0.331. The van der Waals surface area contributed by atoms with Crippen LogP contribution in [-0.4, -0.2) is 13.6 Å². The SMILES string of the molecule is C=C[Si](C)(CCl)c1cccc(C(F)(F)F)c1. The van der Waals surface area contributed by atoms with Crippen molar-refractivity contribution in [3.8, 4) is 0 Å². The zero-order valence-corrected chi connectivity index (χ0v) is 10.6. The molecule has 0 heterocycles. The number of alkyl halides is 4. The lowest BCUT2D eigenvalue weighted by molar-refractivity contribution is -0.137. The Morgan fingerprint density at radius 2 is 2.06 bits per heavy atom. The third kappa shape index (κ3) is 2.68. The maximum absolute atomic E-state index is 12.5. The lowest BCUT2D eigenvalue weighted by Crippen LogP contribution is -2.45. The van der Waals surface area contributed by atoms with Crippen LogP contribution >= 0.6 is 11.6 Å². The second kappa shape index (κ2) is 4.63. The van der Waals surface area contributed by atoms with Crippen LogP contribution in [0.5, 0.6) is 0 Å². The van der Waals surface area contributed by atoms with Gasteiger partial charge in [0.2, 0.25) is 0 Å². The van der Waals surface area contributed by atoms with E-state index in [4.69, 9.17) is 11.6 Å². The van der Waals surface area contributed by atoms with Gasteiger partial charge in [0.15, 0.2) is 0 Å². The van der Waals surface area contributed by atoms with E-state index in [1.807, 2.05) is 6.55 Å². The van der Waals surface area contributed by atoms with E-state index in [0.717, 1.165) is 6.07 Å². The van der Waals surface area contributed by atoms with E-state index in [0.29, 0.717) is 10.7 Å². The van der Waals surface area contributed by atoms with Crippen LogP contribution in [-0.2, 0) is 6.18 Å². The van der Waals surface area contributed by atoms with E-state index in [9.17, 15) is 13.2 Å². The third-order valence-corrected chi connectivity index (χ3v) is 7.33. The fourth-order valence-corrected chi connectivity index (χ4v) is 3.55. The van der Waals surface area contributed by atoms with Crippen LogP contribution in [0.3, 0.4) is 0 Å². The molecular formula is C11H12ClF3Si. The van der Waals surface area contributed by atoms with Gasteiger partial charge in [-0.1, -0.05) is 41.7 Å². The number of hydrogen-bond acceptors (Lipinski definition) is 0. The normalized spacial score (nSPS) is 15.6. The molecule has 0 saturated carbocycles. The molecule has 0 aliphatic heterocycles. The van der Waals surface area contributed by atoms with Gasteiger partial charge >= 0.3 is 6.18 Å². The van der Waals surface area contributed by atoms with Gasteiger partial charge in [0.25, 0.3) is 0 Å². The molecule has 0 saturated heterocycles.